The Kier molecular flexibility index (Phi) is 3.57. The lowest BCUT2D eigenvalue weighted by Crippen LogP contribution is -2.38. The second-order valence-corrected chi connectivity index (χ2v) is 5.77. The van der Waals surface area contributed by atoms with E-state index >= 15 is 0 Å². The third-order valence-electron chi connectivity index (χ3n) is 3.20. The molecule has 19 heavy (non-hydrogen) atoms. The quantitative estimate of drug-likeness (QED) is 0.877. The van der Waals surface area contributed by atoms with E-state index < -0.39 is 5.82 Å². The van der Waals surface area contributed by atoms with Gasteiger partial charge in [-0.1, -0.05) is 12.1 Å². The molecule has 0 spiro atoms. The molecule has 1 aliphatic rings. The number of hydrogen-bond donors (Lipinski definition) is 1. The second-order valence-electron chi connectivity index (χ2n) is 4.62. The summed E-state index contributed by atoms with van der Waals surface area (Å²) in [5, 5.41) is 3.94. The van der Waals surface area contributed by atoms with Crippen LogP contribution in [0.25, 0.3) is 11.0 Å². The van der Waals surface area contributed by atoms with Gasteiger partial charge in [0, 0.05) is 35.9 Å². The van der Waals surface area contributed by atoms with Gasteiger partial charge >= 0.3 is 0 Å². The fourth-order valence-corrected chi connectivity index (χ4v) is 3.19. The number of benzene rings is 1. The number of rotatable bonds is 3. The fourth-order valence-electron chi connectivity index (χ4n) is 2.24. The fraction of sp³-hybridized carbons (Fsp3) is 0.357. The van der Waals surface area contributed by atoms with Crippen molar-refractivity contribution in [2.75, 3.05) is 18.1 Å². The first-order valence-electron chi connectivity index (χ1n) is 6.26. The van der Waals surface area contributed by atoms with Crippen LogP contribution in [0.15, 0.2) is 28.7 Å². The largest absolute Gasteiger partial charge is 0.450 e. The molecule has 3 rings (SSSR count). The van der Waals surface area contributed by atoms with Gasteiger partial charge in [0.25, 0.3) is 0 Å². The van der Waals surface area contributed by atoms with Crippen LogP contribution >= 0.6 is 11.8 Å². The second kappa shape index (κ2) is 5.35. The van der Waals surface area contributed by atoms with Crippen LogP contribution in [0.2, 0.25) is 0 Å². The van der Waals surface area contributed by atoms with Crippen LogP contribution in [-0.2, 0) is 0 Å². The molecule has 2 aromatic rings. The topological polar surface area (TPSA) is 42.2 Å². The smallest absolute Gasteiger partial charge is 0.199 e. The van der Waals surface area contributed by atoms with Crippen LogP contribution in [0.5, 0.6) is 0 Å². The molecule has 0 amide bonds. The molecular formula is C14H14FNO2S. The number of carbonyl (C=O) groups is 1. The van der Waals surface area contributed by atoms with E-state index in [1.165, 1.54) is 6.07 Å². The Morgan fingerprint density at radius 2 is 2.42 bits per heavy atom. The van der Waals surface area contributed by atoms with Gasteiger partial charge in [-0.25, -0.2) is 4.39 Å². The average molecular weight is 279 g/mol. The van der Waals surface area contributed by atoms with E-state index in [9.17, 15) is 9.18 Å². The number of carbonyl (C=O) groups excluding carboxylic acids is 1. The average Bonchev–Trinajstić information content (AvgIpc) is 2.85. The monoisotopic (exact) mass is 279 g/mol. The number of Topliss-reactive ketones (excluding diaryl/α,β-unsaturated/α-hetero) is 1. The zero-order valence-electron chi connectivity index (χ0n) is 10.3. The number of para-hydroxylation sites is 1. The minimum atomic E-state index is -0.428. The summed E-state index contributed by atoms with van der Waals surface area (Å²) in [6, 6.07) is 6.49. The number of fused-ring (bicyclic) bond motifs is 1. The molecule has 5 heteroatoms. The van der Waals surface area contributed by atoms with E-state index in [0.717, 1.165) is 18.1 Å². The summed E-state index contributed by atoms with van der Waals surface area (Å²) in [5.41, 5.74) is 0.164. The number of nitrogens with one attached hydrogen (secondary N) is 1. The molecule has 0 radical (unpaired) electrons. The molecule has 0 aliphatic carbocycles. The van der Waals surface area contributed by atoms with E-state index in [1.54, 1.807) is 18.2 Å². The van der Waals surface area contributed by atoms with E-state index in [4.69, 9.17) is 4.42 Å². The first-order chi connectivity index (χ1) is 9.24. The Morgan fingerprint density at radius 3 is 3.16 bits per heavy atom. The summed E-state index contributed by atoms with van der Waals surface area (Å²) < 4.78 is 18.8. The lowest BCUT2D eigenvalue weighted by molar-refractivity contribution is 0.0947. The van der Waals surface area contributed by atoms with Crippen LogP contribution in [-0.4, -0.2) is 29.9 Å². The van der Waals surface area contributed by atoms with Crippen molar-refractivity contribution in [3.63, 3.8) is 0 Å². The molecule has 1 N–H and O–H groups in total. The minimum Gasteiger partial charge on any atom is -0.450 e. The molecule has 2 heterocycles. The Morgan fingerprint density at radius 1 is 1.53 bits per heavy atom. The van der Waals surface area contributed by atoms with Crippen molar-refractivity contribution < 1.29 is 13.6 Å². The van der Waals surface area contributed by atoms with Gasteiger partial charge in [0.1, 0.15) is 0 Å². The highest BCUT2D eigenvalue weighted by atomic mass is 32.2. The summed E-state index contributed by atoms with van der Waals surface area (Å²) in [5.74, 6) is 1.76. The SMILES string of the molecule is O=C(CC1CSCCN1)c1cc2cccc(F)c2o1. The molecule has 1 saturated heterocycles. The maximum absolute atomic E-state index is 13.5. The van der Waals surface area contributed by atoms with Crippen molar-refractivity contribution in [3.05, 3.63) is 35.8 Å². The summed E-state index contributed by atoms with van der Waals surface area (Å²) in [6.07, 6.45) is 0.397. The van der Waals surface area contributed by atoms with Gasteiger partial charge in [0.2, 0.25) is 0 Å². The zero-order chi connectivity index (χ0) is 13.2. The Balaban J connectivity index is 1.79. The molecule has 1 fully saturated rings. The van der Waals surface area contributed by atoms with E-state index in [1.807, 2.05) is 11.8 Å². The third-order valence-corrected chi connectivity index (χ3v) is 4.33. The molecular weight excluding hydrogens is 265 g/mol. The predicted octanol–water partition coefficient (Wildman–Crippen LogP) is 2.85. The lowest BCUT2D eigenvalue weighted by atomic mass is 10.1. The highest BCUT2D eigenvalue weighted by molar-refractivity contribution is 7.99. The van der Waals surface area contributed by atoms with Gasteiger partial charge in [-0.15, -0.1) is 0 Å². The van der Waals surface area contributed by atoms with Crippen LogP contribution in [0.3, 0.4) is 0 Å². The lowest BCUT2D eigenvalue weighted by Gasteiger charge is -2.21. The highest BCUT2D eigenvalue weighted by Gasteiger charge is 2.20. The van der Waals surface area contributed by atoms with Crippen LogP contribution in [0.4, 0.5) is 4.39 Å². The molecule has 0 saturated carbocycles. The summed E-state index contributed by atoms with van der Waals surface area (Å²) in [6.45, 7) is 0.928. The van der Waals surface area contributed by atoms with Crippen molar-refractivity contribution in [1.29, 1.82) is 0 Å². The van der Waals surface area contributed by atoms with Gasteiger partial charge in [0.15, 0.2) is 22.9 Å². The zero-order valence-corrected chi connectivity index (χ0v) is 11.1. The molecule has 1 unspecified atom stereocenters. The van der Waals surface area contributed by atoms with Crippen LogP contribution < -0.4 is 5.32 Å². The van der Waals surface area contributed by atoms with Crippen molar-refractivity contribution in [2.45, 2.75) is 12.5 Å². The predicted molar refractivity (Wildman–Crippen MR) is 74.2 cm³/mol. The molecule has 1 atom stereocenters. The van der Waals surface area contributed by atoms with Crippen molar-refractivity contribution in [2.24, 2.45) is 0 Å². The molecule has 0 bridgehead atoms. The Bertz CT molecular complexity index is 605. The summed E-state index contributed by atoms with van der Waals surface area (Å²) >= 11 is 1.84. The van der Waals surface area contributed by atoms with Crippen molar-refractivity contribution in [1.82, 2.24) is 5.32 Å². The van der Waals surface area contributed by atoms with Gasteiger partial charge in [-0.3, -0.25) is 4.79 Å². The van der Waals surface area contributed by atoms with Gasteiger partial charge in [0.05, 0.1) is 0 Å². The van der Waals surface area contributed by atoms with Gasteiger partial charge < -0.3 is 9.73 Å². The normalized spacial score (nSPS) is 19.7. The highest BCUT2D eigenvalue weighted by Crippen LogP contribution is 2.23. The molecule has 3 nitrogen and oxygen atoms in total. The van der Waals surface area contributed by atoms with E-state index in [-0.39, 0.29) is 23.2 Å². The molecule has 1 aromatic carbocycles. The Hall–Kier alpha value is -1.33. The first-order valence-corrected chi connectivity index (χ1v) is 7.42. The number of halogens is 1. The summed E-state index contributed by atoms with van der Waals surface area (Å²) in [7, 11) is 0. The van der Waals surface area contributed by atoms with Crippen molar-refractivity contribution in [3.8, 4) is 0 Å². The number of furan rings is 1. The van der Waals surface area contributed by atoms with Crippen LogP contribution in [0, 0.1) is 5.82 Å². The first kappa shape index (κ1) is 12.7. The maximum atomic E-state index is 13.5. The summed E-state index contributed by atoms with van der Waals surface area (Å²) in [4.78, 5) is 12.1. The molecule has 100 valence electrons. The maximum Gasteiger partial charge on any atom is 0.199 e. The molecule has 1 aromatic heterocycles. The third kappa shape index (κ3) is 2.67. The standard InChI is InChI=1S/C14H14FNO2S/c15-11-3-1-2-9-6-13(18-14(9)11)12(17)7-10-8-19-5-4-16-10/h1-3,6,10,16H,4-5,7-8H2. The van der Waals surface area contributed by atoms with E-state index in [2.05, 4.69) is 5.32 Å². The minimum absolute atomic E-state index is 0.0735. The molecule has 1 aliphatic heterocycles. The van der Waals surface area contributed by atoms with Gasteiger partial charge in [-0.2, -0.15) is 11.8 Å². The Labute approximate surface area is 114 Å². The number of thioether (sulfide) groups is 1. The van der Waals surface area contributed by atoms with E-state index in [0.29, 0.717) is 11.8 Å². The number of ketones is 1. The van der Waals surface area contributed by atoms with Gasteiger partial charge in [-0.05, 0) is 12.1 Å². The number of hydrogen-bond acceptors (Lipinski definition) is 4. The van der Waals surface area contributed by atoms with Crippen LogP contribution in [0.1, 0.15) is 17.0 Å². The van der Waals surface area contributed by atoms with Crippen molar-refractivity contribution >= 4 is 28.5 Å².